The van der Waals surface area contributed by atoms with E-state index >= 15 is 0 Å². The van der Waals surface area contributed by atoms with Crippen LogP contribution < -0.4 is 10.6 Å². The van der Waals surface area contributed by atoms with Crippen molar-refractivity contribution in [3.05, 3.63) is 30.1 Å². The van der Waals surface area contributed by atoms with Crippen molar-refractivity contribution in [3.63, 3.8) is 0 Å². The average molecular weight is 364 g/mol. The molecule has 0 saturated carbocycles. The lowest BCUT2D eigenvalue weighted by atomic mass is 10.1. The van der Waals surface area contributed by atoms with Gasteiger partial charge in [-0.2, -0.15) is 0 Å². The third-order valence-electron chi connectivity index (χ3n) is 3.38. The Hall–Kier alpha value is -2.31. The molecule has 0 radical (unpaired) electrons. The van der Waals surface area contributed by atoms with E-state index in [0.29, 0.717) is 19.6 Å². The molecule has 0 fully saturated rings. The molecule has 2 N–H and O–H groups in total. The fraction of sp³-hybridized carbons (Fsp3) is 0.632. The van der Waals surface area contributed by atoms with Crippen LogP contribution in [-0.2, 0) is 11.3 Å². The van der Waals surface area contributed by atoms with Crippen LogP contribution in [0.3, 0.4) is 0 Å². The second-order valence-electron chi connectivity index (χ2n) is 7.36. The quantitative estimate of drug-likeness (QED) is 0.575. The molecular formula is C19H33N5O2. The van der Waals surface area contributed by atoms with E-state index in [0.717, 1.165) is 18.2 Å². The Morgan fingerprint density at radius 2 is 2.08 bits per heavy atom. The molecule has 1 unspecified atom stereocenters. The highest BCUT2D eigenvalue weighted by Crippen LogP contribution is 2.10. The van der Waals surface area contributed by atoms with Gasteiger partial charge in [0.15, 0.2) is 5.96 Å². The van der Waals surface area contributed by atoms with Gasteiger partial charge in [-0.1, -0.05) is 13.0 Å². The molecule has 1 amide bonds. The Morgan fingerprint density at radius 3 is 2.65 bits per heavy atom. The van der Waals surface area contributed by atoms with E-state index in [2.05, 4.69) is 27.5 Å². The first-order valence-electron chi connectivity index (χ1n) is 9.07. The first-order chi connectivity index (χ1) is 12.2. The third kappa shape index (κ3) is 9.25. The lowest BCUT2D eigenvalue weighted by molar-refractivity contribution is 0.0278. The first kappa shape index (κ1) is 21.7. The smallest absolute Gasteiger partial charge is 0.410 e. The minimum atomic E-state index is -0.483. The second kappa shape index (κ2) is 10.6. The van der Waals surface area contributed by atoms with Crippen molar-refractivity contribution in [2.75, 3.05) is 26.7 Å². The SMILES string of the molecule is CCNC(=NCc1ccccn1)NCC(C)CN(C)C(=O)OC(C)(C)C. The average Bonchev–Trinajstić information content (AvgIpc) is 2.56. The number of ether oxygens (including phenoxy) is 1. The third-order valence-corrected chi connectivity index (χ3v) is 3.38. The lowest BCUT2D eigenvalue weighted by Gasteiger charge is -2.26. The van der Waals surface area contributed by atoms with Gasteiger partial charge in [0.2, 0.25) is 0 Å². The van der Waals surface area contributed by atoms with Gasteiger partial charge in [-0.25, -0.2) is 9.79 Å². The second-order valence-corrected chi connectivity index (χ2v) is 7.36. The van der Waals surface area contributed by atoms with Crippen molar-refractivity contribution in [2.45, 2.75) is 46.8 Å². The predicted molar refractivity (Wildman–Crippen MR) is 105 cm³/mol. The largest absolute Gasteiger partial charge is 0.444 e. The van der Waals surface area contributed by atoms with Crippen molar-refractivity contribution >= 4 is 12.1 Å². The molecule has 7 nitrogen and oxygen atoms in total. The molecule has 0 aliphatic heterocycles. The molecule has 146 valence electrons. The van der Waals surface area contributed by atoms with Crippen LogP contribution in [0.4, 0.5) is 4.79 Å². The number of carbonyl (C=O) groups is 1. The summed E-state index contributed by atoms with van der Waals surface area (Å²) >= 11 is 0. The van der Waals surface area contributed by atoms with Crippen LogP contribution in [0.2, 0.25) is 0 Å². The molecule has 1 heterocycles. The van der Waals surface area contributed by atoms with Crippen molar-refractivity contribution < 1.29 is 9.53 Å². The van der Waals surface area contributed by atoms with Crippen LogP contribution >= 0.6 is 0 Å². The summed E-state index contributed by atoms with van der Waals surface area (Å²) < 4.78 is 5.38. The van der Waals surface area contributed by atoms with Crippen LogP contribution in [0.15, 0.2) is 29.4 Å². The Bertz CT molecular complexity index is 569. The summed E-state index contributed by atoms with van der Waals surface area (Å²) in [4.78, 5) is 22.5. The Labute approximate surface area is 157 Å². The van der Waals surface area contributed by atoms with Gasteiger partial charge < -0.3 is 20.3 Å². The van der Waals surface area contributed by atoms with Gasteiger partial charge in [-0.3, -0.25) is 4.98 Å². The van der Waals surface area contributed by atoms with Crippen LogP contribution in [0.1, 0.15) is 40.3 Å². The topological polar surface area (TPSA) is 78.9 Å². The van der Waals surface area contributed by atoms with Gasteiger partial charge in [0.25, 0.3) is 0 Å². The van der Waals surface area contributed by atoms with Gasteiger partial charge in [0.05, 0.1) is 12.2 Å². The molecule has 1 aromatic heterocycles. The molecule has 0 aliphatic carbocycles. The van der Waals surface area contributed by atoms with Crippen LogP contribution in [0, 0.1) is 5.92 Å². The van der Waals surface area contributed by atoms with Crippen molar-refractivity contribution in [1.82, 2.24) is 20.5 Å². The normalized spacial score (nSPS) is 13.1. The highest BCUT2D eigenvalue weighted by atomic mass is 16.6. The molecule has 1 atom stereocenters. The molecule has 7 heteroatoms. The number of guanidine groups is 1. The summed E-state index contributed by atoms with van der Waals surface area (Å²) in [6.07, 6.45) is 1.46. The highest BCUT2D eigenvalue weighted by molar-refractivity contribution is 5.79. The van der Waals surface area contributed by atoms with Crippen LogP contribution in [-0.4, -0.2) is 54.2 Å². The predicted octanol–water partition coefficient (Wildman–Crippen LogP) is 2.64. The molecule has 1 rings (SSSR count). The Balaban J connectivity index is 2.48. The summed E-state index contributed by atoms with van der Waals surface area (Å²) in [6, 6.07) is 5.79. The van der Waals surface area contributed by atoms with Crippen molar-refractivity contribution in [3.8, 4) is 0 Å². The molecule has 0 aliphatic rings. The number of nitrogens with zero attached hydrogens (tertiary/aromatic N) is 3. The van der Waals surface area contributed by atoms with Gasteiger partial charge in [0, 0.05) is 32.9 Å². The minimum absolute atomic E-state index is 0.242. The van der Waals surface area contributed by atoms with E-state index in [4.69, 9.17) is 4.74 Å². The van der Waals surface area contributed by atoms with Gasteiger partial charge in [-0.05, 0) is 45.7 Å². The van der Waals surface area contributed by atoms with Crippen molar-refractivity contribution in [2.24, 2.45) is 10.9 Å². The van der Waals surface area contributed by atoms with E-state index in [9.17, 15) is 4.79 Å². The van der Waals surface area contributed by atoms with E-state index in [1.54, 1.807) is 18.1 Å². The van der Waals surface area contributed by atoms with E-state index in [-0.39, 0.29) is 12.0 Å². The molecule has 0 spiro atoms. The summed E-state index contributed by atoms with van der Waals surface area (Å²) in [5, 5.41) is 6.54. The zero-order valence-corrected chi connectivity index (χ0v) is 16.9. The molecule has 0 bridgehead atoms. The highest BCUT2D eigenvalue weighted by Gasteiger charge is 2.20. The van der Waals surface area contributed by atoms with Gasteiger partial charge in [0.1, 0.15) is 5.60 Å². The lowest BCUT2D eigenvalue weighted by Crippen LogP contribution is -2.42. The Morgan fingerprint density at radius 1 is 1.35 bits per heavy atom. The summed E-state index contributed by atoms with van der Waals surface area (Å²) in [7, 11) is 1.75. The number of carbonyl (C=O) groups excluding carboxylic acids is 1. The standard InChI is InChI=1S/C19H33N5O2/c1-7-20-17(23-13-16-10-8-9-11-21-16)22-12-15(2)14-24(6)18(25)26-19(3,4)5/h8-11,15H,7,12-14H2,1-6H3,(H2,20,22,23). The number of pyridine rings is 1. The number of hydrogen-bond acceptors (Lipinski definition) is 4. The molecular weight excluding hydrogens is 330 g/mol. The molecule has 1 aromatic rings. The number of hydrogen-bond donors (Lipinski definition) is 2. The number of nitrogens with one attached hydrogen (secondary N) is 2. The number of amides is 1. The molecule has 26 heavy (non-hydrogen) atoms. The number of aromatic nitrogens is 1. The number of aliphatic imine (C=N–C) groups is 1. The fourth-order valence-corrected chi connectivity index (χ4v) is 2.21. The first-order valence-corrected chi connectivity index (χ1v) is 9.07. The van der Waals surface area contributed by atoms with Crippen molar-refractivity contribution in [1.29, 1.82) is 0 Å². The van der Waals surface area contributed by atoms with Gasteiger partial charge in [-0.15, -0.1) is 0 Å². The van der Waals surface area contributed by atoms with Crippen LogP contribution in [0.25, 0.3) is 0 Å². The minimum Gasteiger partial charge on any atom is -0.444 e. The monoisotopic (exact) mass is 363 g/mol. The van der Waals surface area contributed by atoms with Gasteiger partial charge >= 0.3 is 6.09 Å². The maximum atomic E-state index is 12.0. The van der Waals surface area contributed by atoms with E-state index in [1.807, 2.05) is 45.9 Å². The van der Waals surface area contributed by atoms with E-state index in [1.165, 1.54) is 0 Å². The zero-order valence-electron chi connectivity index (χ0n) is 16.9. The summed E-state index contributed by atoms with van der Waals surface area (Å²) in [5.41, 5.74) is 0.436. The maximum absolute atomic E-state index is 12.0. The summed E-state index contributed by atoms with van der Waals surface area (Å²) in [6.45, 7) is 12.3. The summed E-state index contributed by atoms with van der Waals surface area (Å²) in [5.74, 6) is 0.983. The van der Waals surface area contributed by atoms with Crippen LogP contribution in [0.5, 0.6) is 0 Å². The zero-order chi connectivity index (χ0) is 19.6. The van der Waals surface area contributed by atoms with E-state index < -0.39 is 5.60 Å². The fourth-order valence-electron chi connectivity index (χ4n) is 2.21. The number of rotatable bonds is 7. The molecule has 0 aromatic carbocycles. The molecule has 0 saturated heterocycles. The Kier molecular flexibility index (Phi) is 8.88. The maximum Gasteiger partial charge on any atom is 0.410 e.